The minimum absolute atomic E-state index is 0.0176. The lowest BCUT2D eigenvalue weighted by atomic mass is 9.83. The van der Waals surface area contributed by atoms with Gasteiger partial charge in [0.05, 0.1) is 5.92 Å². The Kier molecular flexibility index (Phi) is 13.5. The van der Waals surface area contributed by atoms with Crippen LogP contribution < -0.4 is 15.5 Å². The molecule has 0 bridgehead atoms. The molecule has 0 radical (unpaired) electrons. The average molecular weight is 763 g/mol. The van der Waals surface area contributed by atoms with Crippen molar-refractivity contribution in [3.63, 3.8) is 0 Å². The minimum Gasteiger partial charge on any atom is -0.459 e. The zero-order chi connectivity index (χ0) is 39.1. The van der Waals surface area contributed by atoms with Crippen LogP contribution in [-0.2, 0) is 43.6 Å². The normalized spacial score (nSPS) is 16.2. The first-order chi connectivity index (χ1) is 27.4. The second kappa shape index (κ2) is 19.5. The maximum absolute atomic E-state index is 13.7. The molecule has 16 nitrogen and oxygen atoms in total. The average Bonchev–Trinajstić information content (AvgIpc) is 3.24. The van der Waals surface area contributed by atoms with E-state index in [4.69, 9.17) is 14.2 Å². The first-order valence-corrected chi connectivity index (χ1v) is 18.2. The Bertz CT molecular complexity index is 1900. The lowest BCUT2D eigenvalue weighted by molar-refractivity contribution is -0.171. The van der Waals surface area contributed by atoms with E-state index in [-0.39, 0.29) is 45.2 Å². The van der Waals surface area contributed by atoms with Crippen LogP contribution in [0.4, 0.5) is 20.3 Å². The van der Waals surface area contributed by atoms with Crippen molar-refractivity contribution in [2.24, 2.45) is 10.9 Å². The number of likely N-dealkylation sites (tertiary alicyclic amines) is 1. The molecule has 16 heteroatoms. The van der Waals surface area contributed by atoms with E-state index < -0.39 is 42.1 Å². The van der Waals surface area contributed by atoms with Crippen LogP contribution in [0, 0.1) is 5.92 Å². The van der Waals surface area contributed by atoms with Crippen molar-refractivity contribution in [1.29, 1.82) is 0 Å². The summed E-state index contributed by atoms with van der Waals surface area (Å²) in [6, 6.07) is 27.2. The second-order valence-electron chi connectivity index (χ2n) is 12.9. The number of hydrogen-bond acceptors (Lipinski definition) is 12. The predicted molar refractivity (Wildman–Crippen MR) is 203 cm³/mol. The van der Waals surface area contributed by atoms with Crippen LogP contribution in [0.25, 0.3) is 0 Å². The maximum Gasteiger partial charge on any atom is 0.414 e. The molecule has 4 aromatic rings. The minimum atomic E-state index is -1.14. The highest BCUT2D eigenvalue weighted by molar-refractivity contribution is 6.08. The van der Waals surface area contributed by atoms with Gasteiger partial charge >= 0.3 is 24.2 Å². The molecule has 2 aliphatic rings. The Balaban J connectivity index is 1.08. The Morgan fingerprint density at radius 1 is 0.679 bits per heavy atom. The van der Waals surface area contributed by atoms with Gasteiger partial charge in [0.15, 0.2) is 6.04 Å². The first kappa shape index (κ1) is 38.9. The Morgan fingerprint density at radius 2 is 1.18 bits per heavy atom. The van der Waals surface area contributed by atoms with Crippen molar-refractivity contribution in [3.8, 4) is 0 Å². The van der Waals surface area contributed by atoms with Gasteiger partial charge in [-0.25, -0.2) is 34.0 Å². The highest BCUT2D eigenvalue weighted by atomic mass is 16.6. The number of piperazine rings is 1. The van der Waals surface area contributed by atoms with Gasteiger partial charge in [0, 0.05) is 45.1 Å². The quantitative estimate of drug-likeness (QED) is 0.0525. The lowest BCUT2D eigenvalue weighted by Gasteiger charge is -2.46. The zero-order valence-electron chi connectivity index (χ0n) is 30.6. The smallest absolute Gasteiger partial charge is 0.414 e. The summed E-state index contributed by atoms with van der Waals surface area (Å²) in [6.07, 6.45) is 1.98. The van der Waals surface area contributed by atoms with E-state index in [1.54, 1.807) is 42.7 Å². The highest BCUT2D eigenvalue weighted by Crippen LogP contribution is 2.33. The molecule has 0 aliphatic carbocycles. The molecule has 1 aromatic heterocycles. The van der Waals surface area contributed by atoms with Crippen LogP contribution in [0.1, 0.15) is 29.5 Å². The number of carbonyl (C=O) groups is 5. The number of guanidine groups is 1. The fourth-order valence-corrected chi connectivity index (χ4v) is 6.16. The van der Waals surface area contributed by atoms with E-state index in [1.807, 2.05) is 71.6 Å². The fourth-order valence-electron chi connectivity index (χ4n) is 6.16. The molecule has 2 saturated heterocycles. The molecule has 3 heterocycles. The van der Waals surface area contributed by atoms with Gasteiger partial charge in [0.25, 0.3) is 0 Å². The number of aliphatic imine (C=N–C) groups is 1. The van der Waals surface area contributed by atoms with Gasteiger partial charge in [-0.15, -0.1) is 0 Å². The molecular formula is C40H42N8O8. The number of esters is 1. The van der Waals surface area contributed by atoms with E-state index in [9.17, 15) is 24.0 Å². The zero-order valence-corrected chi connectivity index (χ0v) is 30.6. The van der Waals surface area contributed by atoms with E-state index in [0.717, 1.165) is 21.6 Å². The van der Waals surface area contributed by atoms with Crippen molar-refractivity contribution in [2.45, 2.75) is 38.7 Å². The van der Waals surface area contributed by atoms with Gasteiger partial charge in [0.2, 0.25) is 17.8 Å². The van der Waals surface area contributed by atoms with Gasteiger partial charge in [0.1, 0.15) is 19.8 Å². The van der Waals surface area contributed by atoms with Crippen LogP contribution in [0.15, 0.2) is 114 Å². The predicted octanol–water partition coefficient (Wildman–Crippen LogP) is 4.28. The molecular weight excluding hydrogens is 720 g/mol. The molecule has 5 amide bonds. The number of nitrogens with zero attached hydrogens (tertiary/aromatic N) is 6. The molecule has 2 N–H and O–H groups in total. The fraction of sp³-hybridized carbons (Fsp3) is 0.300. The van der Waals surface area contributed by atoms with Crippen LogP contribution in [0.2, 0.25) is 0 Å². The van der Waals surface area contributed by atoms with Gasteiger partial charge in [-0.3, -0.25) is 20.4 Å². The van der Waals surface area contributed by atoms with Crippen LogP contribution >= 0.6 is 0 Å². The summed E-state index contributed by atoms with van der Waals surface area (Å²) in [5, 5.41) is 4.88. The van der Waals surface area contributed by atoms with E-state index in [2.05, 4.69) is 25.6 Å². The molecule has 0 saturated carbocycles. The number of imide groups is 1. The number of nitrogens with one attached hydrogen (secondary N) is 2. The van der Waals surface area contributed by atoms with Crippen molar-refractivity contribution in [3.05, 3.63) is 126 Å². The molecule has 6 rings (SSSR count). The third-order valence-corrected chi connectivity index (χ3v) is 9.08. The monoisotopic (exact) mass is 762 g/mol. The number of ether oxygens (including phenoxy) is 3. The number of β-lactam (4-membered cyclic amide) rings is 1. The number of amides is 5. The molecule has 2 aliphatic heterocycles. The summed E-state index contributed by atoms with van der Waals surface area (Å²) in [6.45, 7) is 1.47. The van der Waals surface area contributed by atoms with E-state index in [1.165, 1.54) is 4.90 Å². The third-order valence-electron chi connectivity index (χ3n) is 9.08. The summed E-state index contributed by atoms with van der Waals surface area (Å²) >= 11 is 0. The molecule has 2 atom stereocenters. The lowest BCUT2D eigenvalue weighted by Crippen LogP contribution is -2.69. The SMILES string of the molecule is O=C(NC(=NCCCC1C(=O)N(C(=O)N2CCN(c3ncccn3)CC2)C1C(=O)OCc1ccccc1)NC(=O)OCc1ccccc1)OCc1ccccc1. The topological polar surface area (TPSA) is 185 Å². The summed E-state index contributed by atoms with van der Waals surface area (Å²) in [5.74, 6) is -1.73. The van der Waals surface area contributed by atoms with E-state index in [0.29, 0.717) is 32.1 Å². The summed E-state index contributed by atoms with van der Waals surface area (Å²) in [7, 11) is 0. The number of benzene rings is 3. The Labute approximate surface area is 323 Å². The summed E-state index contributed by atoms with van der Waals surface area (Å²) in [4.78, 5) is 83.5. The van der Waals surface area contributed by atoms with Crippen molar-refractivity contribution in [1.82, 2.24) is 30.4 Å². The number of carbonyl (C=O) groups excluding carboxylic acids is 5. The largest absolute Gasteiger partial charge is 0.459 e. The second-order valence-corrected chi connectivity index (χ2v) is 12.9. The van der Waals surface area contributed by atoms with E-state index >= 15 is 0 Å². The first-order valence-electron chi connectivity index (χ1n) is 18.2. The molecule has 3 aromatic carbocycles. The van der Waals surface area contributed by atoms with Crippen molar-refractivity contribution < 1.29 is 38.2 Å². The standard InChI is InChI=1S/C40H42N8O8/c49-34-32(18-10-19-41-36(44-38(51)55-27-30-14-6-2-7-15-30)45-39(52)56-28-31-16-8-3-9-17-31)33(35(50)54-26-29-12-4-1-5-13-29)48(34)40(53)47-24-22-46(23-25-47)37-42-20-11-21-43-37/h1-9,11-17,20-21,32-33H,10,18-19,22-28H2,(H2,41,44,45,51,52). The molecule has 56 heavy (non-hydrogen) atoms. The van der Waals surface area contributed by atoms with Gasteiger partial charge in [-0.05, 0) is 35.6 Å². The highest BCUT2D eigenvalue weighted by Gasteiger charge is 2.56. The number of alkyl carbamates (subject to hydrolysis) is 2. The van der Waals surface area contributed by atoms with Gasteiger partial charge in [-0.1, -0.05) is 91.0 Å². The molecule has 290 valence electrons. The molecule has 2 unspecified atom stereocenters. The number of rotatable bonds is 12. The molecule has 0 spiro atoms. The van der Waals surface area contributed by atoms with Crippen molar-refractivity contribution >= 4 is 42.0 Å². The number of anilines is 1. The van der Waals surface area contributed by atoms with Gasteiger partial charge in [-0.2, -0.15) is 0 Å². The summed E-state index contributed by atoms with van der Waals surface area (Å²) < 4.78 is 16.2. The third kappa shape index (κ3) is 10.6. The van der Waals surface area contributed by atoms with Crippen LogP contribution in [0.3, 0.4) is 0 Å². The number of hydrogen-bond donors (Lipinski definition) is 2. The van der Waals surface area contributed by atoms with Gasteiger partial charge < -0.3 is 24.0 Å². The summed E-state index contributed by atoms with van der Waals surface area (Å²) in [5.41, 5.74) is 2.27. The maximum atomic E-state index is 13.7. The van der Waals surface area contributed by atoms with Crippen LogP contribution in [-0.4, -0.2) is 94.6 Å². The Hall–Kier alpha value is -6.84. The number of urea groups is 1. The van der Waals surface area contributed by atoms with Crippen LogP contribution in [0.5, 0.6) is 0 Å². The van der Waals surface area contributed by atoms with Crippen molar-refractivity contribution in [2.75, 3.05) is 37.6 Å². The molecule has 2 fully saturated rings. The Morgan fingerprint density at radius 3 is 1.70 bits per heavy atom. The number of aromatic nitrogens is 2.